The number of halogens is 1. The third-order valence-corrected chi connectivity index (χ3v) is 4.32. The van der Waals surface area contributed by atoms with Gasteiger partial charge < -0.3 is 15.4 Å². The molecular weight excluding hydrogens is 321 g/mol. The predicted molar refractivity (Wildman–Crippen MR) is 95.2 cm³/mol. The van der Waals surface area contributed by atoms with Gasteiger partial charge in [-0.2, -0.15) is 0 Å². The highest BCUT2D eigenvalue weighted by Gasteiger charge is 2.29. The number of para-hydroxylation sites is 2. The number of methoxy groups -OCH3 is 1. The van der Waals surface area contributed by atoms with Crippen molar-refractivity contribution in [3.63, 3.8) is 0 Å². The molecule has 5 nitrogen and oxygen atoms in total. The zero-order valence-corrected chi connectivity index (χ0v) is 14.2. The van der Waals surface area contributed by atoms with Crippen molar-refractivity contribution < 1.29 is 13.9 Å². The summed E-state index contributed by atoms with van der Waals surface area (Å²) in [4.78, 5) is 15.1. The van der Waals surface area contributed by atoms with Crippen LogP contribution in [0.5, 0.6) is 5.75 Å². The molecule has 1 atom stereocenters. The SMILES string of the molecule is COc1ccccc1NC(=O)C(c1ccc(F)cc1)N1CCNCC1. The van der Waals surface area contributed by atoms with Crippen LogP contribution in [0.2, 0.25) is 0 Å². The molecule has 2 N–H and O–H groups in total. The van der Waals surface area contributed by atoms with Crippen LogP contribution in [0.3, 0.4) is 0 Å². The van der Waals surface area contributed by atoms with Crippen LogP contribution in [-0.2, 0) is 4.79 Å². The molecule has 1 unspecified atom stereocenters. The Morgan fingerprint density at radius 1 is 1.16 bits per heavy atom. The first-order chi connectivity index (χ1) is 12.2. The van der Waals surface area contributed by atoms with E-state index in [0.29, 0.717) is 11.4 Å². The molecule has 3 rings (SSSR count). The molecule has 6 heteroatoms. The van der Waals surface area contributed by atoms with Crippen molar-refractivity contribution in [2.75, 3.05) is 38.6 Å². The van der Waals surface area contributed by atoms with Gasteiger partial charge in [0.1, 0.15) is 17.6 Å². The maximum absolute atomic E-state index is 13.3. The highest BCUT2D eigenvalue weighted by molar-refractivity contribution is 5.96. The lowest BCUT2D eigenvalue weighted by Gasteiger charge is -2.34. The molecule has 0 saturated carbocycles. The smallest absolute Gasteiger partial charge is 0.246 e. The molecule has 1 aliphatic rings. The van der Waals surface area contributed by atoms with E-state index in [4.69, 9.17) is 4.74 Å². The summed E-state index contributed by atoms with van der Waals surface area (Å²) in [5.74, 6) is 0.139. The van der Waals surface area contributed by atoms with E-state index in [1.54, 1.807) is 31.4 Å². The molecule has 1 heterocycles. The molecule has 0 radical (unpaired) electrons. The highest BCUT2D eigenvalue weighted by atomic mass is 19.1. The molecule has 1 fully saturated rings. The van der Waals surface area contributed by atoms with E-state index in [1.165, 1.54) is 12.1 Å². The van der Waals surface area contributed by atoms with Gasteiger partial charge in [0.2, 0.25) is 5.91 Å². The molecule has 1 saturated heterocycles. The van der Waals surface area contributed by atoms with E-state index in [-0.39, 0.29) is 11.7 Å². The molecule has 2 aromatic carbocycles. The van der Waals surface area contributed by atoms with Gasteiger partial charge >= 0.3 is 0 Å². The van der Waals surface area contributed by atoms with Crippen molar-refractivity contribution in [1.82, 2.24) is 10.2 Å². The summed E-state index contributed by atoms with van der Waals surface area (Å²) >= 11 is 0. The fourth-order valence-corrected chi connectivity index (χ4v) is 3.06. The lowest BCUT2D eigenvalue weighted by Crippen LogP contribution is -2.48. The first-order valence-corrected chi connectivity index (χ1v) is 8.33. The molecule has 25 heavy (non-hydrogen) atoms. The Hall–Kier alpha value is -2.44. The molecule has 2 aromatic rings. The zero-order chi connectivity index (χ0) is 17.6. The van der Waals surface area contributed by atoms with Crippen molar-refractivity contribution in [1.29, 1.82) is 0 Å². The number of hydrogen-bond donors (Lipinski definition) is 2. The van der Waals surface area contributed by atoms with Crippen LogP contribution in [0.1, 0.15) is 11.6 Å². The fraction of sp³-hybridized carbons (Fsp3) is 0.316. The van der Waals surface area contributed by atoms with Crippen molar-refractivity contribution in [3.8, 4) is 5.75 Å². The molecule has 0 aliphatic carbocycles. The second kappa shape index (κ2) is 8.09. The van der Waals surface area contributed by atoms with Crippen LogP contribution in [0, 0.1) is 5.82 Å². The van der Waals surface area contributed by atoms with Crippen molar-refractivity contribution in [2.45, 2.75) is 6.04 Å². The van der Waals surface area contributed by atoms with Gasteiger partial charge in [-0.25, -0.2) is 4.39 Å². The topological polar surface area (TPSA) is 53.6 Å². The minimum atomic E-state index is -0.479. The monoisotopic (exact) mass is 343 g/mol. The third kappa shape index (κ3) is 4.15. The van der Waals surface area contributed by atoms with Gasteiger partial charge in [0.15, 0.2) is 0 Å². The number of hydrogen-bond acceptors (Lipinski definition) is 4. The third-order valence-electron chi connectivity index (χ3n) is 4.32. The fourth-order valence-electron chi connectivity index (χ4n) is 3.06. The number of piperazine rings is 1. The number of carbonyl (C=O) groups is 1. The lowest BCUT2D eigenvalue weighted by atomic mass is 10.0. The standard InChI is InChI=1S/C19H22FN3O2/c1-25-17-5-3-2-4-16(17)22-19(24)18(23-12-10-21-11-13-23)14-6-8-15(20)9-7-14/h2-9,18,21H,10-13H2,1H3,(H,22,24). The Kier molecular flexibility index (Phi) is 5.63. The maximum Gasteiger partial charge on any atom is 0.246 e. The first kappa shape index (κ1) is 17.4. The van der Waals surface area contributed by atoms with E-state index < -0.39 is 6.04 Å². The number of rotatable bonds is 5. The Balaban J connectivity index is 1.87. The number of anilines is 1. The Morgan fingerprint density at radius 2 is 1.84 bits per heavy atom. The predicted octanol–water partition coefficient (Wildman–Crippen LogP) is 2.42. The summed E-state index contributed by atoms with van der Waals surface area (Å²) in [5.41, 5.74) is 1.40. The largest absolute Gasteiger partial charge is 0.495 e. The lowest BCUT2D eigenvalue weighted by molar-refractivity contribution is -0.121. The van der Waals surface area contributed by atoms with E-state index in [9.17, 15) is 9.18 Å². The first-order valence-electron chi connectivity index (χ1n) is 8.33. The van der Waals surface area contributed by atoms with Crippen LogP contribution in [-0.4, -0.2) is 44.1 Å². The Morgan fingerprint density at radius 3 is 2.52 bits per heavy atom. The summed E-state index contributed by atoms with van der Waals surface area (Å²) in [5, 5.41) is 6.24. The zero-order valence-electron chi connectivity index (χ0n) is 14.2. The number of amides is 1. The van der Waals surface area contributed by atoms with Crippen molar-refractivity contribution in [3.05, 3.63) is 59.9 Å². The number of benzene rings is 2. The average Bonchev–Trinajstić information content (AvgIpc) is 2.65. The summed E-state index contributed by atoms with van der Waals surface area (Å²) in [6.45, 7) is 3.14. The summed E-state index contributed by atoms with van der Waals surface area (Å²) < 4.78 is 18.6. The summed E-state index contributed by atoms with van der Waals surface area (Å²) in [7, 11) is 1.57. The molecule has 1 amide bonds. The van der Waals surface area contributed by atoms with E-state index in [2.05, 4.69) is 15.5 Å². The number of nitrogens with one attached hydrogen (secondary N) is 2. The normalized spacial score (nSPS) is 16.2. The van der Waals surface area contributed by atoms with E-state index >= 15 is 0 Å². The van der Waals surface area contributed by atoms with E-state index in [0.717, 1.165) is 31.7 Å². The second-order valence-electron chi connectivity index (χ2n) is 5.93. The van der Waals surface area contributed by atoms with Crippen LogP contribution < -0.4 is 15.4 Å². The summed E-state index contributed by atoms with van der Waals surface area (Å²) in [6.07, 6.45) is 0. The highest BCUT2D eigenvalue weighted by Crippen LogP contribution is 2.27. The van der Waals surface area contributed by atoms with Gasteiger partial charge in [-0.1, -0.05) is 24.3 Å². The van der Waals surface area contributed by atoms with Crippen LogP contribution in [0.15, 0.2) is 48.5 Å². The molecule has 0 spiro atoms. The van der Waals surface area contributed by atoms with Crippen LogP contribution in [0.25, 0.3) is 0 Å². The summed E-state index contributed by atoms with van der Waals surface area (Å²) in [6, 6.07) is 12.9. The molecule has 1 aliphatic heterocycles. The van der Waals surface area contributed by atoms with Gasteiger partial charge in [0, 0.05) is 26.2 Å². The Bertz CT molecular complexity index is 715. The Labute approximate surface area is 146 Å². The van der Waals surface area contributed by atoms with Gasteiger partial charge in [-0.05, 0) is 29.8 Å². The minimum absolute atomic E-state index is 0.155. The average molecular weight is 343 g/mol. The van der Waals surface area contributed by atoms with Gasteiger partial charge in [0.25, 0.3) is 0 Å². The number of carbonyl (C=O) groups excluding carboxylic acids is 1. The molecule has 0 bridgehead atoms. The molecule has 132 valence electrons. The van der Waals surface area contributed by atoms with E-state index in [1.807, 2.05) is 12.1 Å². The van der Waals surface area contributed by atoms with Crippen LogP contribution >= 0.6 is 0 Å². The van der Waals surface area contributed by atoms with Gasteiger partial charge in [-0.3, -0.25) is 9.69 Å². The van der Waals surface area contributed by atoms with Gasteiger partial charge in [-0.15, -0.1) is 0 Å². The van der Waals surface area contributed by atoms with Crippen LogP contribution in [0.4, 0.5) is 10.1 Å². The maximum atomic E-state index is 13.3. The van der Waals surface area contributed by atoms with Crippen molar-refractivity contribution in [2.24, 2.45) is 0 Å². The number of ether oxygens (including phenoxy) is 1. The molecular formula is C19H22FN3O2. The second-order valence-corrected chi connectivity index (χ2v) is 5.93. The van der Waals surface area contributed by atoms with Crippen molar-refractivity contribution >= 4 is 11.6 Å². The number of nitrogens with zero attached hydrogens (tertiary/aromatic N) is 1. The molecule has 0 aromatic heterocycles. The minimum Gasteiger partial charge on any atom is -0.495 e. The quantitative estimate of drug-likeness (QED) is 0.875. The van der Waals surface area contributed by atoms with Gasteiger partial charge in [0.05, 0.1) is 12.8 Å².